The molecule has 0 aliphatic rings. The van der Waals surface area contributed by atoms with Gasteiger partial charge >= 0.3 is 62.7 Å². The molecule has 1 rings (SSSR count). The second-order valence-electron chi connectivity index (χ2n) is 3.01. The van der Waals surface area contributed by atoms with Gasteiger partial charge in [-0.15, -0.1) is 0 Å². The molecule has 0 nitrogen and oxygen atoms in total. The molecule has 0 bridgehead atoms. The van der Waals surface area contributed by atoms with Crippen LogP contribution in [0.1, 0.15) is 30.8 Å². The van der Waals surface area contributed by atoms with Crippen molar-refractivity contribution >= 4 is 6.91 Å². The van der Waals surface area contributed by atoms with Crippen LogP contribution in [0.4, 0.5) is 0 Å². The predicted molar refractivity (Wildman–Crippen MR) is 46.6 cm³/mol. The van der Waals surface area contributed by atoms with Gasteiger partial charge in [0.25, 0.3) is 0 Å². The molecular weight excluding hydrogens is 119 g/mol. The first-order chi connectivity index (χ1) is 4.72. The molecule has 1 heteroatoms. The molecule has 0 amide bonds. The molecule has 1 aromatic heterocycles. The van der Waals surface area contributed by atoms with E-state index in [0.717, 1.165) is 0 Å². The first kappa shape index (κ1) is 7.52. The number of aryl methyl sites for hydroxylation is 1. The number of hydrogen-bond donors (Lipinski definition) is 0. The van der Waals surface area contributed by atoms with E-state index in [1.54, 1.807) is 0 Å². The van der Waals surface area contributed by atoms with Crippen molar-refractivity contribution in [1.82, 2.24) is 0 Å². The van der Waals surface area contributed by atoms with E-state index < -0.39 is 0 Å². The number of hydrogen-bond acceptors (Lipinski definition) is 0. The van der Waals surface area contributed by atoms with Crippen LogP contribution in [0.25, 0.3) is 0 Å². The van der Waals surface area contributed by atoms with Crippen LogP contribution in [-0.4, -0.2) is 6.91 Å². The maximum atomic E-state index is 2.22. The Bertz CT molecular complexity index is 216. The van der Waals surface area contributed by atoms with Crippen LogP contribution < -0.4 is 0 Å². The molecule has 0 radical (unpaired) electrons. The van der Waals surface area contributed by atoms with Gasteiger partial charge in [0, 0.05) is 0 Å². The van der Waals surface area contributed by atoms with Crippen molar-refractivity contribution in [2.45, 2.75) is 26.7 Å². The monoisotopic (exact) mass is 132 g/mol. The van der Waals surface area contributed by atoms with Crippen molar-refractivity contribution in [3.8, 4) is 0 Å². The predicted octanol–water partition coefficient (Wildman–Crippen LogP) is 2.46. The molecule has 0 aromatic carbocycles. The molecule has 10 heavy (non-hydrogen) atoms. The summed E-state index contributed by atoms with van der Waals surface area (Å²) in [5, 5.41) is 0. The van der Waals surface area contributed by atoms with Crippen LogP contribution in [0.2, 0.25) is 0 Å². The zero-order valence-electron chi connectivity index (χ0n) is 6.89. The van der Waals surface area contributed by atoms with Crippen molar-refractivity contribution in [2.24, 2.45) is 0 Å². The second kappa shape index (κ2) is 3.00. The van der Waals surface area contributed by atoms with Gasteiger partial charge in [-0.3, -0.25) is 0 Å². The summed E-state index contributed by atoms with van der Waals surface area (Å²) >= 11 is 0. The van der Waals surface area contributed by atoms with Crippen LogP contribution in [0.5, 0.6) is 0 Å². The van der Waals surface area contributed by atoms with Gasteiger partial charge in [-0.2, -0.15) is 0 Å². The van der Waals surface area contributed by atoms with Crippen LogP contribution in [-0.2, 0) is 0 Å². The van der Waals surface area contributed by atoms with E-state index in [4.69, 9.17) is 0 Å². The topological polar surface area (TPSA) is 0 Å². The summed E-state index contributed by atoms with van der Waals surface area (Å²) in [6.07, 6.45) is 0. The molecule has 0 atom stereocenters. The first-order valence-electron chi connectivity index (χ1n) is 3.77. The molecule has 0 saturated carbocycles. The Morgan fingerprint density at radius 3 is 2.50 bits per heavy atom. The molecular formula is C9H13B. The minimum absolute atomic E-state index is 0.654. The zero-order valence-corrected chi connectivity index (χ0v) is 6.89. The normalized spacial score (nSPS) is 10.0. The Hall–Kier alpha value is -0.585. The summed E-state index contributed by atoms with van der Waals surface area (Å²) in [5.74, 6) is 2.75. The van der Waals surface area contributed by atoms with Crippen LogP contribution >= 0.6 is 0 Å². The molecule has 0 aliphatic heterocycles. The van der Waals surface area contributed by atoms with Crippen LogP contribution in [0.15, 0.2) is 18.1 Å². The third-order valence-electron chi connectivity index (χ3n) is 1.81. The summed E-state index contributed by atoms with van der Waals surface area (Å²) < 4.78 is 0. The molecule has 0 saturated heterocycles. The van der Waals surface area contributed by atoms with Crippen LogP contribution in [0, 0.1) is 6.92 Å². The van der Waals surface area contributed by atoms with Crippen molar-refractivity contribution < 1.29 is 0 Å². The van der Waals surface area contributed by atoms with Gasteiger partial charge < -0.3 is 0 Å². The molecule has 0 unspecified atom stereocenters. The Labute approximate surface area is 63.5 Å². The van der Waals surface area contributed by atoms with Crippen molar-refractivity contribution in [3.63, 3.8) is 0 Å². The van der Waals surface area contributed by atoms with Crippen molar-refractivity contribution in [3.05, 3.63) is 29.1 Å². The summed E-state index contributed by atoms with van der Waals surface area (Å²) in [7, 11) is 0. The second-order valence-corrected chi connectivity index (χ2v) is 3.01. The zero-order chi connectivity index (χ0) is 7.56. The Kier molecular flexibility index (Phi) is 2.26. The van der Waals surface area contributed by atoms with Gasteiger partial charge in [0.05, 0.1) is 0 Å². The van der Waals surface area contributed by atoms with E-state index in [0.29, 0.717) is 5.92 Å². The van der Waals surface area contributed by atoms with Crippen molar-refractivity contribution in [2.75, 3.05) is 0 Å². The van der Waals surface area contributed by atoms with Gasteiger partial charge in [0.1, 0.15) is 0 Å². The number of rotatable bonds is 1. The average molecular weight is 132 g/mol. The maximum absolute atomic E-state index is 2.22. The van der Waals surface area contributed by atoms with E-state index in [2.05, 4.69) is 45.8 Å². The molecule has 52 valence electrons. The Morgan fingerprint density at radius 2 is 2.10 bits per heavy atom. The summed E-state index contributed by atoms with van der Waals surface area (Å²) in [6, 6.07) is 4.25. The third-order valence-corrected chi connectivity index (χ3v) is 1.81. The fraction of sp³-hybridized carbons (Fsp3) is 0.444. The third kappa shape index (κ3) is 1.47. The molecule has 1 heterocycles. The summed E-state index contributed by atoms with van der Waals surface area (Å²) in [6.45, 7) is 8.81. The standard InChI is InChI=1S/C9H13B/c1-7(2)9-8(3)5-4-6-10-9/h4-7H,1-3H3. The summed E-state index contributed by atoms with van der Waals surface area (Å²) in [4.78, 5) is 0. The summed E-state index contributed by atoms with van der Waals surface area (Å²) in [5.41, 5.74) is 2.86. The van der Waals surface area contributed by atoms with Gasteiger partial charge in [-0.1, -0.05) is 0 Å². The first-order valence-corrected chi connectivity index (χ1v) is 3.77. The average Bonchev–Trinajstić information content (AvgIpc) is 1.88. The van der Waals surface area contributed by atoms with Gasteiger partial charge in [-0.05, 0) is 0 Å². The van der Waals surface area contributed by atoms with E-state index >= 15 is 0 Å². The fourth-order valence-corrected chi connectivity index (χ4v) is 1.23. The molecule has 1 aromatic rings. The van der Waals surface area contributed by atoms with E-state index in [-0.39, 0.29) is 0 Å². The molecule has 0 fully saturated rings. The Morgan fingerprint density at radius 1 is 1.40 bits per heavy atom. The Balaban J connectivity index is 3.03. The van der Waals surface area contributed by atoms with Crippen LogP contribution in [0.3, 0.4) is 0 Å². The molecule has 0 aliphatic carbocycles. The van der Waals surface area contributed by atoms with Gasteiger partial charge in [0.15, 0.2) is 0 Å². The van der Waals surface area contributed by atoms with Gasteiger partial charge in [-0.25, -0.2) is 0 Å². The van der Waals surface area contributed by atoms with E-state index in [9.17, 15) is 0 Å². The fourth-order valence-electron chi connectivity index (χ4n) is 1.23. The quantitative estimate of drug-likeness (QED) is 0.550. The van der Waals surface area contributed by atoms with E-state index in [1.807, 2.05) is 0 Å². The SMILES string of the molecule is Cc1cccbc1C(C)C. The molecule has 0 spiro atoms. The van der Waals surface area contributed by atoms with Crippen molar-refractivity contribution in [1.29, 1.82) is 0 Å². The minimum atomic E-state index is 0.654. The molecule has 0 N–H and O–H groups in total. The van der Waals surface area contributed by atoms with E-state index in [1.165, 1.54) is 11.0 Å². The van der Waals surface area contributed by atoms with Gasteiger partial charge in [0.2, 0.25) is 0 Å².